The van der Waals surface area contributed by atoms with Crippen LogP contribution >= 0.6 is 0 Å². The van der Waals surface area contributed by atoms with Crippen molar-refractivity contribution >= 4 is 23.2 Å². The molecule has 3 aromatic heterocycles. The van der Waals surface area contributed by atoms with E-state index in [0.717, 1.165) is 11.3 Å². The zero-order valence-electron chi connectivity index (χ0n) is 15.6. The van der Waals surface area contributed by atoms with Gasteiger partial charge in [0.2, 0.25) is 11.8 Å². The molecule has 0 saturated carbocycles. The van der Waals surface area contributed by atoms with Gasteiger partial charge in [-0.2, -0.15) is 4.39 Å². The smallest absolute Gasteiger partial charge is 0.218 e. The number of hydrazine groups is 1. The molecule has 0 atom stereocenters. The topological polar surface area (TPSA) is 111 Å². The lowest BCUT2D eigenvalue weighted by Gasteiger charge is -2.11. The molecular formula is C19H22FN7O. The average molecular weight is 383 g/mol. The maximum atomic E-state index is 14.6. The lowest BCUT2D eigenvalue weighted by atomic mass is 10.0. The van der Waals surface area contributed by atoms with Crippen LogP contribution < -0.4 is 16.2 Å². The first kappa shape index (κ1) is 19.3. The first-order chi connectivity index (χ1) is 13.6. The van der Waals surface area contributed by atoms with Crippen molar-refractivity contribution in [3.63, 3.8) is 0 Å². The Hall–Kier alpha value is -3.46. The number of hydrogen-bond donors (Lipinski definition) is 5. The molecule has 3 heterocycles. The summed E-state index contributed by atoms with van der Waals surface area (Å²) in [7, 11) is 1.71. The number of aromatic amines is 1. The van der Waals surface area contributed by atoms with Gasteiger partial charge in [-0.15, -0.1) is 0 Å². The molecule has 9 heteroatoms. The summed E-state index contributed by atoms with van der Waals surface area (Å²) in [5, 5.41) is 11.2. The van der Waals surface area contributed by atoms with E-state index in [1.54, 1.807) is 43.8 Å². The van der Waals surface area contributed by atoms with Crippen LogP contribution in [0.5, 0.6) is 0 Å². The molecule has 146 valence electrons. The van der Waals surface area contributed by atoms with Gasteiger partial charge in [-0.05, 0) is 30.7 Å². The van der Waals surface area contributed by atoms with Crippen LogP contribution in [-0.2, 0) is 11.2 Å². The van der Waals surface area contributed by atoms with E-state index < -0.39 is 5.95 Å². The van der Waals surface area contributed by atoms with Gasteiger partial charge in [-0.1, -0.05) is 6.07 Å². The van der Waals surface area contributed by atoms with Crippen molar-refractivity contribution in [2.24, 2.45) is 0 Å². The summed E-state index contributed by atoms with van der Waals surface area (Å²) in [6.45, 7) is 2.18. The van der Waals surface area contributed by atoms with Crippen LogP contribution in [0.4, 0.5) is 21.7 Å². The lowest BCUT2D eigenvalue weighted by molar-refractivity contribution is 0.325. The van der Waals surface area contributed by atoms with E-state index in [2.05, 4.69) is 31.1 Å². The van der Waals surface area contributed by atoms with Crippen molar-refractivity contribution < 1.29 is 9.13 Å². The summed E-state index contributed by atoms with van der Waals surface area (Å²) in [5.41, 5.74) is 8.14. The SMILES string of the molecule is CCOC(=N)c1c(Cc2ccc(Nc3cccnc3)nc2F)c[nH]c1NNC. The molecule has 0 aliphatic carbocycles. The summed E-state index contributed by atoms with van der Waals surface area (Å²) in [4.78, 5) is 11.0. The van der Waals surface area contributed by atoms with Crippen LogP contribution in [0, 0.1) is 11.4 Å². The molecule has 5 N–H and O–H groups in total. The average Bonchev–Trinajstić information content (AvgIpc) is 3.08. The third-order valence-corrected chi connectivity index (χ3v) is 3.97. The number of halogens is 1. The van der Waals surface area contributed by atoms with E-state index in [4.69, 9.17) is 10.1 Å². The Kier molecular flexibility index (Phi) is 6.18. The molecule has 3 aromatic rings. The van der Waals surface area contributed by atoms with Crippen LogP contribution in [0.25, 0.3) is 0 Å². The zero-order valence-corrected chi connectivity index (χ0v) is 15.6. The second-order valence-electron chi connectivity index (χ2n) is 5.89. The first-order valence-electron chi connectivity index (χ1n) is 8.79. The number of aromatic nitrogens is 3. The molecule has 0 radical (unpaired) electrons. The zero-order chi connectivity index (χ0) is 19.9. The Bertz CT molecular complexity index is 943. The second-order valence-corrected chi connectivity index (χ2v) is 5.89. The monoisotopic (exact) mass is 383 g/mol. The van der Waals surface area contributed by atoms with Crippen molar-refractivity contribution in [1.29, 1.82) is 5.41 Å². The van der Waals surface area contributed by atoms with Gasteiger partial charge in [0, 0.05) is 31.4 Å². The molecule has 0 spiro atoms. The predicted octanol–water partition coefficient (Wildman–Crippen LogP) is 3.19. The highest BCUT2D eigenvalue weighted by Crippen LogP contribution is 2.24. The van der Waals surface area contributed by atoms with E-state index in [0.29, 0.717) is 29.4 Å². The van der Waals surface area contributed by atoms with Gasteiger partial charge >= 0.3 is 0 Å². The third kappa shape index (κ3) is 4.44. The highest BCUT2D eigenvalue weighted by molar-refractivity contribution is 5.98. The van der Waals surface area contributed by atoms with Crippen LogP contribution in [0.1, 0.15) is 23.6 Å². The molecule has 3 rings (SSSR count). The number of anilines is 3. The summed E-state index contributed by atoms with van der Waals surface area (Å²) < 4.78 is 19.9. The first-order valence-corrected chi connectivity index (χ1v) is 8.79. The molecule has 0 fully saturated rings. The molecule has 8 nitrogen and oxygen atoms in total. The molecular weight excluding hydrogens is 361 g/mol. The highest BCUT2D eigenvalue weighted by atomic mass is 19.1. The second kappa shape index (κ2) is 8.96. The fourth-order valence-electron chi connectivity index (χ4n) is 2.76. The van der Waals surface area contributed by atoms with Gasteiger partial charge in [0.25, 0.3) is 0 Å². The van der Waals surface area contributed by atoms with E-state index >= 15 is 0 Å². The van der Waals surface area contributed by atoms with Crippen LogP contribution in [-0.4, -0.2) is 34.5 Å². The van der Waals surface area contributed by atoms with E-state index in [9.17, 15) is 4.39 Å². The van der Waals surface area contributed by atoms with Crippen molar-refractivity contribution in [3.8, 4) is 0 Å². The minimum Gasteiger partial charge on any atom is -0.478 e. The van der Waals surface area contributed by atoms with Gasteiger partial charge in [0.15, 0.2) is 0 Å². The molecule has 0 unspecified atom stereocenters. The minimum absolute atomic E-state index is 0.0136. The van der Waals surface area contributed by atoms with Crippen molar-refractivity contribution in [1.82, 2.24) is 20.4 Å². The fraction of sp³-hybridized carbons (Fsp3) is 0.211. The van der Waals surface area contributed by atoms with Crippen LogP contribution in [0.3, 0.4) is 0 Å². The van der Waals surface area contributed by atoms with E-state index in [1.807, 2.05) is 13.0 Å². The normalized spacial score (nSPS) is 10.5. The molecule has 28 heavy (non-hydrogen) atoms. The van der Waals surface area contributed by atoms with Gasteiger partial charge in [-0.3, -0.25) is 10.4 Å². The number of rotatable bonds is 8. The number of hydrogen-bond acceptors (Lipinski definition) is 7. The van der Waals surface area contributed by atoms with Gasteiger partial charge in [0.05, 0.1) is 24.1 Å². The Morgan fingerprint density at radius 1 is 1.29 bits per heavy atom. The fourth-order valence-corrected chi connectivity index (χ4v) is 2.76. The maximum Gasteiger partial charge on any atom is 0.218 e. The molecule has 0 aliphatic heterocycles. The van der Waals surface area contributed by atoms with Crippen LogP contribution in [0.2, 0.25) is 0 Å². The lowest BCUT2D eigenvalue weighted by Crippen LogP contribution is -2.19. The third-order valence-electron chi connectivity index (χ3n) is 3.97. The predicted molar refractivity (Wildman–Crippen MR) is 106 cm³/mol. The van der Waals surface area contributed by atoms with Crippen LogP contribution in [0.15, 0.2) is 42.9 Å². The summed E-state index contributed by atoms with van der Waals surface area (Å²) in [6, 6.07) is 6.98. The van der Waals surface area contributed by atoms with Gasteiger partial charge < -0.3 is 20.5 Å². The van der Waals surface area contributed by atoms with Crippen molar-refractivity contribution in [3.05, 3.63) is 65.5 Å². The highest BCUT2D eigenvalue weighted by Gasteiger charge is 2.19. The number of nitrogens with one attached hydrogen (secondary N) is 5. The Morgan fingerprint density at radius 2 is 2.14 bits per heavy atom. The number of pyridine rings is 2. The van der Waals surface area contributed by atoms with Crippen molar-refractivity contribution in [2.45, 2.75) is 13.3 Å². The summed E-state index contributed by atoms with van der Waals surface area (Å²) in [5.74, 6) is 0.411. The van der Waals surface area contributed by atoms with E-state index in [1.165, 1.54) is 0 Å². The maximum absolute atomic E-state index is 14.6. The Labute approximate surface area is 162 Å². The minimum atomic E-state index is -0.577. The molecule has 0 aromatic carbocycles. The molecule has 0 amide bonds. The number of ether oxygens (including phenoxy) is 1. The largest absolute Gasteiger partial charge is 0.478 e. The van der Waals surface area contributed by atoms with Crippen molar-refractivity contribution in [2.75, 3.05) is 24.4 Å². The number of nitrogens with zero attached hydrogens (tertiary/aromatic N) is 2. The summed E-state index contributed by atoms with van der Waals surface area (Å²) >= 11 is 0. The standard InChI is InChI=1S/C19H22FN7O/c1-3-28-18(21)16-13(10-24-19(16)27-22-2)9-12-6-7-15(26-17(12)20)25-14-5-4-8-23-11-14/h4-8,10-11,21-22,24,27H,3,9H2,1-2H3,(H,25,26). The van der Waals surface area contributed by atoms with E-state index in [-0.39, 0.29) is 12.3 Å². The molecule has 0 saturated heterocycles. The Balaban J connectivity index is 1.82. The summed E-state index contributed by atoms with van der Waals surface area (Å²) in [6.07, 6.45) is 5.28. The van der Waals surface area contributed by atoms with Gasteiger partial charge in [0.1, 0.15) is 11.6 Å². The van der Waals surface area contributed by atoms with Gasteiger partial charge in [-0.25, -0.2) is 10.4 Å². The number of H-pyrrole nitrogens is 1. The molecule has 0 aliphatic rings. The Morgan fingerprint density at radius 3 is 2.82 bits per heavy atom. The molecule has 0 bridgehead atoms. The quantitative estimate of drug-likeness (QED) is 0.177.